The van der Waals surface area contributed by atoms with Crippen molar-refractivity contribution in [2.24, 2.45) is 0 Å². The summed E-state index contributed by atoms with van der Waals surface area (Å²) in [6.07, 6.45) is -4.23. The van der Waals surface area contributed by atoms with Crippen LogP contribution in [0.15, 0.2) is 9.79 Å². The number of hydrogen-bond donors (Lipinski definition) is 0. The molecular weight excluding hydrogens is 322 g/mol. The van der Waals surface area contributed by atoms with Crippen LogP contribution in [0.2, 0.25) is 0 Å². The number of hydrogen-bond acceptors (Lipinski definition) is 5. The molecule has 0 fully saturated rings. The fourth-order valence-corrected chi connectivity index (χ4v) is 2.27. The second kappa shape index (κ2) is 6.22. The minimum absolute atomic E-state index is 0.266. The van der Waals surface area contributed by atoms with Gasteiger partial charge >= 0.3 is 6.18 Å². The van der Waals surface area contributed by atoms with Crippen LogP contribution in [-0.4, -0.2) is 6.26 Å². The highest BCUT2D eigenvalue weighted by atomic mass is 32.2. The van der Waals surface area contributed by atoms with Crippen molar-refractivity contribution in [2.45, 2.75) is 16.0 Å². The van der Waals surface area contributed by atoms with Gasteiger partial charge in [0.1, 0.15) is 5.56 Å². The molecule has 0 spiro atoms. The van der Waals surface area contributed by atoms with E-state index in [4.69, 9.17) is 0 Å². The van der Waals surface area contributed by atoms with E-state index in [9.17, 15) is 31.6 Å². The maximum atomic E-state index is 13.6. The van der Waals surface area contributed by atoms with Gasteiger partial charge in [-0.25, -0.2) is 13.2 Å². The molecule has 0 unspecified atom stereocenters. The predicted octanol–water partition coefficient (Wildman–Crippen LogP) is 3.08. The summed E-state index contributed by atoms with van der Waals surface area (Å²) in [6.45, 7) is 0. The molecular formula is C8H3F6O3S2-. The van der Waals surface area contributed by atoms with E-state index < -0.39 is 51.0 Å². The molecule has 0 atom stereocenters. The lowest BCUT2D eigenvalue weighted by Gasteiger charge is -2.16. The smallest absolute Gasteiger partial charge is 0.420 e. The summed E-state index contributed by atoms with van der Waals surface area (Å²) in [5.41, 5.74) is -2.07. The number of rotatable bonds is 4. The van der Waals surface area contributed by atoms with Crippen molar-refractivity contribution in [1.29, 1.82) is 0 Å². The molecule has 3 nitrogen and oxygen atoms in total. The lowest BCUT2D eigenvalue weighted by molar-refractivity contribution is -0.777. The Labute approximate surface area is 110 Å². The van der Waals surface area contributed by atoms with Gasteiger partial charge in [-0.3, -0.25) is 5.04 Å². The van der Waals surface area contributed by atoms with Gasteiger partial charge in [0.25, 0.3) is 0 Å². The van der Waals surface area contributed by atoms with E-state index in [1.54, 1.807) is 0 Å². The van der Waals surface area contributed by atoms with Crippen LogP contribution in [0.5, 0.6) is 0 Å². The second-order valence-corrected chi connectivity index (χ2v) is 4.42. The van der Waals surface area contributed by atoms with E-state index >= 15 is 0 Å². The summed E-state index contributed by atoms with van der Waals surface area (Å²) in [5.74, 6) is -5.79. The second-order valence-electron chi connectivity index (χ2n) is 2.90. The molecule has 0 aromatic heterocycles. The zero-order valence-corrected chi connectivity index (χ0v) is 10.4. The van der Waals surface area contributed by atoms with Crippen molar-refractivity contribution in [3.05, 3.63) is 23.0 Å². The van der Waals surface area contributed by atoms with Gasteiger partial charge in [-0.05, 0) is 6.26 Å². The van der Waals surface area contributed by atoms with Gasteiger partial charge in [-0.1, -0.05) is 0 Å². The number of alkyl halides is 3. The normalized spacial score (nSPS) is 12.0. The molecule has 1 aromatic carbocycles. The van der Waals surface area contributed by atoms with Crippen LogP contribution >= 0.6 is 23.8 Å². The van der Waals surface area contributed by atoms with Gasteiger partial charge in [0.05, 0.1) is 21.8 Å². The first kappa shape index (κ1) is 16.4. The number of thioether (sulfide) groups is 1. The lowest BCUT2D eigenvalue weighted by atomic mass is 10.2. The summed E-state index contributed by atoms with van der Waals surface area (Å²) in [5, 5.41) is 12.3. The Balaban J connectivity index is 3.59. The molecule has 0 saturated heterocycles. The Morgan fingerprint density at radius 1 is 1.00 bits per heavy atom. The van der Waals surface area contributed by atoms with Crippen molar-refractivity contribution in [3.8, 4) is 0 Å². The lowest BCUT2D eigenvalue weighted by Crippen LogP contribution is -2.15. The third-order valence-corrected chi connectivity index (χ3v) is 3.31. The highest BCUT2D eigenvalue weighted by molar-refractivity contribution is 7.98. The first-order chi connectivity index (χ1) is 8.75. The van der Waals surface area contributed by atoms with E-state index in [0.717, 1.165) is 6.26 Å². The maximum absolute atomic E-state index is 13.6. The van der Waals surface area contributed by atoms with Gasteiger partial charge in [0.15, 0.2) is 17.5 Å². The highest BCUT2D eigenvalue weighted by Crippen LogP contribution is 2.44. The van der Waals surface area contributed by atoms with Crippen LogP contribution in [0, 0.1) is 17.5 Å². The molecule has 0 heterocycles. The van der Waals surface area contributed by atoms with Crippen LogP contribution in [0.25, 0.3) is 0 Å². The van der Waals surface area contributed by atoms with Crippen LogP contribution in [0.3, 0.4) is 0 Å². The molecule has 0 aliphatic heterocycles. The van der Waals surface area contributed by atoms with E-state index in [1.165, 1.54) is 0 Å². The molecule has 0 aliphatic rings. The largest absolute Gasteiger partial charge is 0.691 e. The Hall–Kier alpha value is -0.620. The molecule has 0 saturated carbocycles. The summed E-state index contributed by atoms with van der Waals surface area (Å²) < 4.78 is 81.7. The molecule has 0 amide bonds. The zero-order chi connectivity index (χ0) is 14.8. The van der Waals surface area contributed by atoms with Crippen molar-refractivity contribution in [2.75, 3.05) is 6.26 Å². The zero-order valence-electron chi connectivity index (χ0n) is 8.81. The van der Waals surface area contributed by atoms with Gasteiger partial charge in [0, 0.05) is 0 Å². The average Bonchev–Trinajstić information content (AvgIpc) is 2.31. The summed E-state index contributed by atoms with van der Waals surface area (Å²) >= 11 is -0.305. The standard InChI is InChI=1S/C8H4F6O3S2/c1-18-7-3(9)2(8(12,13)14)6(19-17-16-15)4(10)5(7)11/h15H,1H3/p-1. The van der Waals surface area contributed by atoms with Crippen LogP contribution in [0.1, 0.15) is 5.56 Å². The van der Waals surface area contributed by atoms with Crippen LogP contribution < -0.4 is 5.26 Å². The van der Waals surface area contributed by atoms with E-state index in [-0.39, 0.29) is 11.8 Å². The molecule has 11 heteroatoms. The van der Waals surface area contributed by atoms with Gasteiger partial charge in [-0.15, -0.1) is 11.8 Å². The Kier molecular flexibility index (Phi) is 5.38. The number of halogens is 6. The third kappa shape index (κ3) is 3.28. The highest BCUT2D eigenvalue weighted by Gasteiger charge is 2.42. The molecule has 1 rings (SSSR count). The molecule has 0 aliphatic carbocycles. The fraction of sp³-hybridized carbons (Fsp3) is 0.250. The number of benzene rings is 1. The molecule has 0 bridgehead atoms. The SMILES string of the molecule is CSc1c(F)c(F)c(SOO[O-])c(C(F)(F)F)c1F. The Morgan fingerprint density at radius 3 is 1.95 bits per heavy atom. The van der Waals surface area contributed by atoms with Crippen molar-refractivity contribution < 1.29 is 41.0 Å². The molecule has 1 aromatic rings. The monoisotopic (exact) mass is 325 g/mol. The minimum Gasteiger partial charge on any atom is -0.691 e. The van der Waals surface area contributed by atoms with E-state index in [2.05, 4.69) is 9.37 Å². The average molecular weight is 325 g/mol. The van der Waals surface area contributed by atoms with Crippen LogP contribution in [0.4, 0.5) is 26.3 Å². The topological polar surface area (TPSA) is 41.5 Å². The molecule has 108 valence electrons. The quantitative estimate of drug-likeness (QED) is 0.212. The minimum atomic E-state index is -5.31. The first-order valence-corrected chi connectivity index (χ1v) is 6.17. The van der Waals surface area contributed by atoms with Crippen molar-refractivity contribution in [1.82, 2.24) is 0 Å². The van der Waals surface area contributed by atoms with Crippen molar-refractivity contribution >= 4 is 23.8 Å². The first-order valence-electron chi connectivity index (χ1n) is 4.20. The van der Waals surface area contributed by atoms with E-state index in [1.807, 2.05) is 0 Å². The molecule has 0 radical (unpaired) electrons. The fourth-order valence-electron chi connectivity index (χ4n) is 1.18. The summed E-state index contributed by atoms with van der Waals surface area (Å²) in [6, 6.07) is 0. The van der Waals surface area contributed by atoms with Crippen molar-refractivity contribution in [3.63, 3.8) is 0 Å². The van der Waals surface area contributed by atoms with Gasteiger partial charge in [-0.2, -0.15) is 17.5 Å². The van der Waals surface area contributed by atoms with Gasteiger partial charge in [0.2, 0.25) is 0 Å². The van der Waals surface area contributed by atoms with Crippen LogP contribution in [-0.2, 0) is 15.5 Å². The molecule has 0 N–H and O–H groups in total. The Bertz CT molecular complexity index is 479. The Morgan fingerprint density at radius 2 is 1.53 bits per heavy atom. The molecule has 19 heavy (non-hydrogen) atoms. The summed E-state index contributed by atoms with van der Waals surface area (Å²) in [4.78, 5) is -2.69. The predicted molar refractivity (Wildman–Crippen MR) is 51.1 cm³/mol. The summed E-state index contributed by atoms with van der Waals surface area (Å²) in [7, 11) is 0. The van der Waals surface area contributed by atoms with E-state index in [0.29, 0.717) is 0 Å². The maximum Gasteiger partial charge on any atom is 0.420 e. The third-order valence-electron chi connectivity index (χ3n) is 1.87. The van der Waals surface area contributed by atoms with Gasteiger partial charge < -0.3 is 5.26 Å².